The lowest BCUT2D eigenvalue weighted by atomic mass is 10.1. The monoisotopic (exact) mass is 230 g/mol. The van der Waals surface area contributed by atoms with Crippen LogP contribution in [0.15, 0.2) is 30.5 Å². The molecule has 0 bridgehead atoms. The Kier molecular flexibility index (Phi) is 2.48. The van der Waals surface area contributed by atoms with Crippen molar-refractivity contribution in [3.8, 4) is 22.8 Å². The maximum Gasteiger partial charge on any atom is 0.161 e. The molecular formula is C13H14N2O2. The fourth-order valence-corrected chi connectivity index (χ4v) is 1.98. The van der Waals surface area contributed by atoms with Gasteiger partial charge in [0.15, 0.2) is 11.5 Å². The van der Waals surface area contributed by atoms with Crippen LogP contribution in [0, 0.1) is 0 Å². The first-order valence-corrected chi connectivity index (χ1v) is 5.72. The molecule has 88 valence electrons. The fraction of sp³-hybridized carbons (Fsp3) is 0.308. The molecule has 1 aliphatic heterocycles. The largest absolute Gasteiger partial charge is 0.490 e. The lowest BCUT2D eigenvalue weighted by molar-refractivity contribution is 0.297. The van der Waals surface area contributed by atoms with Crippen LogP contribution >= 0.6 is 0 Å². The summed E-state index contributed by atoms with van der Waals surface area (Å²) in [6.45, 7) is 1.43. The van der Waals surface area contributed by atoms with E-state index in [1.807, 2.05) is 36.0 Å². The molecule has 1 aromatic heterocycles. The van der Waals surface area contributed by atoms with Gasteiger partial charge in [-0.1, -0.05) is 0 Å². The summed E-state index contributed by atoms with van der Waals surface area (Å²) in [6, 6.07) is 7.99. The molecule has 3 rings (SSSR count). The predicted octanol–water partition coefficient (Wildman–Crippen LogP) is 2.25. The Labute approximate surface area is 99.8 Å². The molecule has 2 heterocycles. The van der Waals surface area contributed by atoms with Gasteiger partial charge in [0, 0.05) is 25.2 Å². The second-order valence-corrected chi connectivity index (χ2v) is 4.05. The highest BCUT2D eigenvalue weighted by Gasteiger charge is 2.12. The number of aryl methyl sites for hydroxylation is 1. The summed E-state index contributed by atoms with van der Waals surface area (Å²) < 4.78 is 13.1. The van der Waals surface area contributed by atoms with Crippen LogP contribution in [0.1, 0.15) is 6.42 Å². The number of benzene rings is 1. The number of hydrogen-bond donors (Lipinski definition) is 0. The molecule has 1 aliphatic rings. The van der Waals surface area contributed by atoms with Crippen LogP contribution in [-0.4, -0.2) is 23.0 Å². The molecule has 1 aromatic carbocycles. The van der Waals surface area contributed by atoms with Gasteiger partial charge in [-0.05, 0) is 24.3 Å². The van der Waals surface area contributed by atoms with Crippen molar-refractivity contribution < 1.29 is 9.47 Å². The summed E-state index contributed by atoms with van der Waals surface area (Å²) in [4.78, 5) is 0. The van der Waals surface area contributed by atoms with E-state index in [0.29, 0.717) is 6.61 Å². The van der Waals surface area contributed by atoms with Crippen molar-refractivity contribution >= 4 is 0 Å². The Hall–Kier alpha value is -1.97. The Morgan fingerprint density at radius 3 is 2.71 bits per heavy atom. The highest BCUT2D eigenvalue weighted by atomic mass is 16.5. The van der Waals surface area contributed by atoms with Crippen LogP contribution in [0.2, 0.25) is 0 Å². The molecular weight excluding hydrogens is 216 g/mol. The third kappa shape index (κ3) is 1.86. The van der Waals surface area contributed by atoms with E-state index in [1.54, 1.807) is 6.20 Å². The number of ether oxygens (including phenoxy) is 2. The number of hydrogen-bond acceptors (Lipinski definition) is 3. The quantitative estimate of drug-likeness (QED) is 0.753. The van der Waals surface area contributed by atoms with Crippen LogP contribution in [0.3, 0.4) is 0 Å². The predicted molar refractivity (Wildman–Crippen MR) is 64.3 cm³/mol. The van der Waals surface area contributed by atoms with Crippen molar-refractivity contribution in [3.63, 3.8) is 0 Å². The van der Waals surface area contributed by atoms with Gasteiger partial charge in [0.05, 0.1) is 18.9 Å². The zero-order valence-corrected chi connectivity index (χ0v) is 9.72. The van der Waals surface area contributed by atoms with Crippen molar-refractivity contribution in [1.82, 2.24) is 9.78 Å². The van der Waals surface area contributed by atoms with Crippen LogP contribution in [0.5, 0.6) is 11.5 Å². The normalized spacial score (nSPS) is 14.4. The minimum Gasteiger partial charge on any atom is -0.490 e. The fourth-order valence-electron chi connectivity index (χ4n) is 1.98. The topological polar surface area (TPSA) is 36.3 Å². The SMILES string of the molecule is Cn1nccc1-c1ccc2c(c1)OCCCO2. The summed E-state index contributed by atoms with van der Waals surface area (Å²) in [5.41, 5.74) is 2.16. The maximum atomic E-state index is 5.67. The van der Waals surface area contributed by atoms with E-state index in [-0.39, 0.29) is 0 Å². The molecule has 0 spiro atoms. The summed E-state index contributed by atoms with van der Waals surface area (Å²) in [5, 5.41) is 4.17. The van der Waals surface area contributed by atoms with Crippen molar-refractivity contribution in [1.29, 1.82) is 0 Å². The Balaban J connectivity index is 2.03. The standard InChI is InChI=1S/C13H14N2O2/c1-15-11(5-6-14-15)10-3-4-12-13(9-10)17-8-2-7-16-12/h3-6,9H,2,7-8H2,1H3. The average molecular weight is 230 g/mol. The summed E-state index contributed by atoms with van der Waals surface area (Å²) in [5.74, 6) is 1.65. The Bertz CT molecular complexity index is 534. The van der Waals surface area contributed by atoms with Gasteiger partial charge >= 0.3 is 0 Å². The van der Waals surface area contributed by atoms with Crippen molar-refractivity contribution in [2.75, 3.05) is 13.2 Å². The number of aromatic nitrogens is 2. The molecule has 0 amide bonds. The minimum absolute atomic E-state index is 0.710. The molecule has 0 N–H and O–H groups in total. The molecule has 4 heteroatoms. The van der Waals surface area contributed by atoms with Gasteiger partial charge in [-0.2, -0.15) is 5.10 Å². The zero-order chi connectivity index (χ0) is 11.7. The zero-order valence-electron chi connectivity index (χ0n) is 9.72. The van der Waals surface area contributed by atoms with Crippen LogP contribution < -0.4 is 9.47 Å². The second-order valence-electron chi connectivity index (χ2n) is 4.05. The molecule has 2 aromatic rings. The summed E-state index contributed by atoms with van der Waals surface area (Å²) in [7, 11) is 1.93. The minimum atomic E-state index is 0.710. The van der Waals surface area contributed by atoms with Crippen molar-refractivity contribution in [2.24, 2.45) is 7.05 Å². The smallest absolute Gasteiger partial charge is 0.161 e. The molecule has 17 heavy (non-hydrogen) atoms. The average Bonchev–Trinajstić information content (AvgIpc) is 2.64. The molecule has 0 aliphatic carbocycles. The molecule has 4 nitrogen and oxygen atoms in total. The van der Waals surface area contributed by atoms with Gasteiger partial charge in [-0.3, -0.25) is 4.68 Å². The lowest BCUT2D eigenvalue weighted by Gasteiger charge is -2.09. The Morgan fingerprint density at radius 2 is 1.94 bits per heavy atom. The summed E-state index contributed by atoms with van der Waals surface area (Å²) in [6.07, 6.45) is 2.72. The van der Waals surface area contributed by atoms with Gasteiger partial charge < -0.3 is 9.47 Å². The van der Waals surface area contributed by atoms with Gasteiger partial charge in [-0.15, -0.1) is 0 Å². The number of nitrogens with zero attached hydrogens (tertiary/aromatic N) is 2. The van der Waals surface area contributed by atoms with E-state index < -0.39 is 0 Å². The van der Waals surface area contributed by atoms with E-state index in [2.05, 4.69) is 5.10 Å². The number of rotatable bonds is 1. The Morgan fingerprint density at radius 1 is 1.12 bits per heavy atom. The molecule has 0 fully saturated rings. The van der Waals surface area contributed by atoms with E-state index in [1.165, 1.54) is 0 Å². The number of fused-ring (bicyclic) bond motifs is 1. The van der Waals surface area contributed by atoms with Crippen LogP contribution in [0.25, 0.3) is 11.3 Å². The summed E-state index contributed by atoms with van der Waals surface area (Å²) >= 11 is 0. The van der Waals surface area contributed by atoms with Gasteiger partial charge in [0.1, 0.15) is 0 Å². The highest BCUT2D eigenvalue weighted by molar-refractivity contribution is 5.64. The molecule has 0 unspecified atom stereocenters. The molecule has 0 atom stereocenters. The van der Waals surface area contributed by atoms with Gasteiger partial charge in [-0.25, -0.2) is 0 Å². The third-order valence-electron chi connectivity index (χ3n) is 2.86. The van der Waals surface area contributed by atoms with Gasteiger partial charge in [0.2, 0.25) is 0 Å². The first-order chi connectivity index (χ1) is 8.34. The van der Waals surface area contributed by atoms with Gasteiger partial charge in [0.25, 0.3) is 0 Å². The highest BCUT2D eigenvalue weighted by Crippen LogP contribution is 2.33. The molecule has 0 saturated heterocycles. The molecule has 0 saturated carbocycles. The lowest BCUT2D eigenvalue weighted by Crippen LogP contribution is -1.97. The van der Waals surface area contributed by atoms with Crippen LogP contribution in [0.4, 0.5) is 0 Å². The molecule has 0 radical (unpaired) electrons. The third-order valence-corrected chi connectivity index (χ3v) is 2.86. The first kappa shape index (κ1) is 10.2. The maximum absolute atomic E-state index is 5.67. The second kappa shape index (κ2) is 4.13. The van der Waals surface area contributed by atoms with E-state index in [0.717, 1.165) is 35.8 Å². The van der Waals surface area contributed by atoms with Crippen LogP contribution in [-0.2, 0) is 7.05 Å². The van der Waals surface area contributed by atoms with Crippen molar-refractivity contribution in [2.45, 2.75) is 6.42 Å². The van der Waals surface area contributed by atoms with E-state index in [4.69, 9.17) is 9.47 Å². The van der Waals surface area contributed by atoms with E-state index in [9.17, 15) is 0 Å². The first-order valence-electron chi connectivity index (χ1n) is 5.72. The van der Waals surface area contributed by atoms with Crippen molar-refractivity contribution in [3.05, 3.63) is 30.5 Å². The van der Waals surface area contributed by atoms with E-state index >= 15 is 0 Å².